The van der Waals surface area contributed by atoms with Crippen molar-refractivity contribution in [2.24, 2.45) is 5.92 Å². The van der Waals surface area contributed by atoms with Crippen molar-refractivity contribution >= 4 is 26.5 Å². The van der Waals surface area contributed by atoms with E-state index in [1.54, 1.807) is 6.92 Å². The number of allylic oxidation sites excluding steroid dienone is 2. The number of nitrogens with two attached hydrogens (primary N) is 1. The summed E-state index contributed by atoms with van der Waals surface area (Å²) in [5.74, 6) is 0.385. The van der Waals surface area contributed by atoms with Gasteiger partial charge in [-0.05, 0) is 32.1 Å². The monoisotopic (exact) mass is 287 g/mol. The van der Waals surface area contributed by atoms with Gasteiger partial charge in [0, 0.05) is 6.54 Å². The molecule has 0 saturated heterocycles. The number of nitrogens with one attached hydrogen (secondary N) is 1. The third-order valence-corrected chi connectivity index (χ3v) is 5.97. The van der Waals surface area contributed by atoms with Gasteiger partial charge >= 0.3 is 0 Å². The quantitative estimate of drug-likeness (QED) is 0.825. The Morgan fingerprint density at radius 3 is 2.89 bits per heavy atom. The summed E-state index contributed by atoms with van der Waals surface area (Å²) in [7, 11) is -3.47. The Kier molecular flexibility index (Phi) is 4.04. The Morgan fingerprint density at radius 2 is 2.33 bits per heavy atom. The molecule has 18 heavy (non-hydrogen) atoms. The predicted octanol–water partition coefficient (Wildman–Crippen LogP) is 1.67. The number of rotatable bonds is 4. The number of anilines is 1. The lowest BCUT2D eigenvalue weighted by Crippen LogP contribution is -2.29. The van der Waals surface area contributed by atoms with Gasteiger partial charge in [-0.25, -0.2) is 18.1 Å². The Balaban J connectivity index is 2.03. The minimum absolute atomic E-state index is 0.228. The number of hydrogen-bond acceptors (Lipinski definition) is 5. The molecule has 1 aromatic rings. The fourth-order valence-corrected chi connectivity index (χ4v) is 4.45. The van der Waals surface area contributed by atoms with Crippen LogP contribution in [0.2, 0.25) is 0 Å². The van der Waals surface area contributed by atoms with Crippen molar-refractivity contribution < 1.29 is 8.42 Å². The molecule has 0 amide bonds. The number of hydrogen-bond donors (Lipinski definition) is 2. The van der Waals surface area contributed by atoms with E-state index in [0.29, 0.717) is 18.2 Å². The number of aryl methyl sites for hydroxylation is 1. The smallest absolute Gasteiger partial charge is 0.252 e. The zero-order valence-electron chi connectivity index (χ0n) is 10.2. The van der Waals surface area contributed by atoms with Gasteiger partial charge in [-0.3, -0.25) is 0 Å². The van der Waals surface area contributed by atoms with Crippen LogP contribution in [-0.2, 0) is 10.0 Å². The molecular weight excluding hydrogens is 270 g/mol. The van der Waals surface area contributed by atoms with Crippen molar-refractivity contribution in [3.05, 3.63) is 17.8 Å². The van der Waals surface area contributed by atoms with Crippen LogP contribution >= 0.6 is 11.3 Å². The van der Waals surface area contributed by atoms with Gasteiger partial charge in [0.05, 0.1) is 5.69 Å². The van der Waals surface area contributed by atoms with E-state index in [-0.39, 0.29) is 9.34 Å². The molecule has 1 unspecified atom stereocenters. The highest BCUT2D eigenvalue weighted by Crippen LogP contribution is 2.25. The molecule has 1 atom stereocenters. The van der Waals surface area contributed by atoms with Crippen LogP contribution in [0.3, 0.4) is 0 Å². The van der Waals surface area contributed by atoms with E-state index in [2.05, 4.69) is 21.9 Å². The first-order chi connectivity index (χ1) is 8.49. The van der Waals surface area contributed by atoms with Crippen LogP contribution in [0.25, 0.3) is 0 Å². The topological polar surface area (TPSA) is 85.1 Å². The van der Waals surface area contributed by atoms with Crippen molar-refractivity contribution in [2.75, 3.05) is 12.3 Å². The second-order valence-corrected chi connectivity index (χ2v) is 7.42. The molecule has 0 fully saturated rings. The van der Waals surface area contributed by atoms with Crippen LogP contribution in [0.15, 0.2) is 16.4 Å². The molecule has 1 heterocycles. The fourth-order valence-electron chi connectivity index (χ4n) is 1.99. The van der Waals surface area contributed by atoms with Crippen LogP contribution in [-0.4, -0.2) is 19.9 Å². The molecule has 100 valence electrons. The third-order valence-electron chi connectivity index (χ3n) is 2.95. The van der Waals surface area contributed by atoms with Gasteiger partial charge < -0.3 is 5.73 Å². The number of nitrogens with zero attached hydrogens (tertiary/aromatic N) is 1. The first kappa shape index (κ1) is 13.5. The minimum Gasteiger partial charge on any atom is -0.375 e. The SMILES string of the molecule is Cc1nc(N)sc1S(=O)(=O)NCC1CC=CCC1. The Bertz CT molecular complexity index is 549. The molecule has 0 aliphatic heterocycles. The zero-order chi connectivity index (χ0) is 13.2. The fraction of sp³-hybridized carbons (Fsp3) is 0.545. The molecule has 0 aromatic carbocycles. The van der Waals surface area contributed by atoms with Crippen LogP contribution < -0.4 is 10.5 Å². The average molecular weight is 287 g/mol. The standard InChI is InChI=1S/C11H17N3O2S2/c1-8-10(17-11(12)14-8)18(15,16)13-7-9-5-3-2-4-6-9/h2-3,9,13H,4-7H2,1H3,(H2,12,14). The maximum Gasteiger partial charge on any atom is 0.252 e. The average Bonchev–Trinajstić information content (AvgIpc) is 2.68. The first-order valence-corrected chi connectivity index (χ1v) is 8.16. The maximum atomic E-state index is 12.1. The van der Waals surface area contributed by atoms with Crippen LogP contribution in [0, 0.1) is 12.8 Å². The second kappa shape index (κ2) is 5.38. The van der Waals surface area contributed by atoms with Crippen molar-refractivity contribution in [1.29, 1.82) is 0 Å². The first-order valence-electron chi connectivity index (χ1n) is 5.86. The molecule has 0 bridgehead atoms. The number of thiazole rings is 1. The van der Waals surface area contributed by atoms with Crippen molar-refractivity contribution in [2.45, 2.75) is 30.4 Å². The summed E-state index contributed by atoms with van der Waals surface area (Å²) in [5.41, 5.74) is 5.99. The van der Waals surface area contributed by atoms with Crippen LogP contribution in [0.4, 0.5) is 5.13 Å². The summed E-state index contributed by atoms with van der Waals surface area (Å²) in [5, 5.41) is 0.286. The van der Waals surface area contributed by atoms with Gasteiger partial charge in [-0.1, -0.05) is 23.5 Å². The summed E-state index contributed by atoms with van der Waals surface area (Å²) in [6.07, 6.45) is 7.24. The van der Waals surface area contributed by atoms with E-state index < -0.39 is 10.0 Å². The molecule has 0 saturated carbocycles. The Labute approximate surface area is 111 Å². The molecular formula is C11H17N3O2S2. The molecule has 1 aromatic heterocycles. The highest BCUT2D eigenvalue weighted by atomic mass is 32.2. The van der Waals surface area contributed by atoms with Crippen molar-refractivity contribution in [1.82, 2.24) is 9.71 Å². The van der Waals surface area contributed by atoms with E-state index >= 15 is 0 Å². The molecule has 5 nitrogen and oxygen atoms in total. The maximum absolute atomic E-state index is 12.1. The minimum atomic E-state index is -3.47. The van der Waals surface area contributed by atoms with Gasteiger partial charge in [-0.2, -0.15) is 0 Å². The molecule has 2 rings (SSSR count). The Hall–Kier alpha value is -0.920. The highest BCUT2D eigenvalue weighted by Gasteiger charge is 2.22. The van der Waals surface area contributed by atoms with E-state index in [1.165, 1.54) is 0 Å². The highest BCUT2D eigenvalue weighted by molar-refractivity contribution is 7.91. The van der Waals surface area contributed by atoms with Gasteiger partial charge in [0.2, 0.25) is 0 Å². The largest absolute Gasteiger partial charge is 0.375 e. The van der Waals surface area contributed by atoms with Crippen LogP contribution in [0.5, 0.6) is 0 Å². The molecule has 0 spiro atoms. The summed E-state index contributed by atoms with van der Waals surface area (Å²) in [4.78, 5) is 3.94. The normalized spacial score (nSPS) is 20.2. The number of sulfonamides is 1. The van der Waals surface area contributed by atoms with E-state index in [9.17, 15) is 8.42 Å². The lowest BCUT2D eigenvalue weighted by Gasteiger charge is -2.17. The number of nitrogen functional groups attached to an aromatic ring is 1. The van der Waals surface area contributed by atoms with Crippen molar-refractivity contribution in [3.63, 3.8) is 0 Å². The predicted molar refractivity (Wildman–Crippen MR) is 72.9 cm³/mol. The molecule has 1 aliphatic carbocycles. The molecule has 7 heteroatoms. The summed E-state index contributed by atoms with van der Waals surface area (Å²) < 4.78 is 27.1. The van der Waals surface area contributed by atoms with Gasteiger partial charge in [0.15, 0.2) is 9.34 Å². The van der Waals surface area contributed by atoms with E-state index in [1.807, 2.05) is 0 Å². The zero-order valence-corrected chi connectivity index (χ0v) is 11.9. The van der Waals surface area contributed by atoms with Gasteiger partial charge in [0.1, 0.15) is 0 Å². The molecule has 0 radical (unpaired) electrons. The Morgan fingerprint density at radius 1 is 1.56 bits per heavy atom. The van der Waals surface area contributed by atoms with E-state index in [4.69, 9.17) is 5.73 Å². The van der Waals surface area contributed by atoms with Crippen LogP contribution in [0.1, 0.15) is 25.0 Å². The lowest BCUT2D eigenvalue weighted by atomic mass is 9.95. The summed E-state index contributed by atoms with van der Waals surface area (Å²) in [6, 6.07) is 0. The van der Waals surface area contributed by atoms with Crippen molar-refractivity contribution in [3.8, 4) is 0 Å². The summed E-state index contributed by atoms with van der Waals surface area (Å²) in [6.45, 7) is 2.13. The van der Waals surface area contributed by atoms with E-state index in [0.717, 1.165) is 30.6 Å². The number of aromatic nitrogens is 1. The van der Waals surface area contributed by atoms with Gasteiger partial charge in [0.25, 0.3) is 10.0 Å². The third kappa shape index (κ3) is 3.09. The molecule has 3 N–H and O–H groups in total. The molecule has 1 aliphatic rings. The van der Waals surface area contributed by atoms with Gasteiger partial charge in [-0.15, -0.1) is 0 Å². The summed E-state index contributed by atoms with van der Waals surface area (Å²) >= 11 is 1.01. The lowest BCUT2D eigenvalue weighted by molar-refractivity contribution is 0.468. The second-order valence-electron chi connectivity index (χ2n) is 4.43.